The van der Waals surface area contributed by atoms with Gasteiger partial charge in [-0.3, -0.25) is 4.79 Å². The van der Waals surface area contributed by atoms with Crippen LogP contribution in [0.4, 0.5) is 5.69 Å². The first-order chi connectivity index (χ1) is 14.6. The summed E-state index contributed by atoms with van der Waals surface area (Å²) in [7, 11) is 1.30. The van der Waals surface area contributed by atoms with Gasteiger partial charge in [0.25, 0.3) is 5.91 Å². The van der Waals surface area contributed by atoms with Crippen molar-refractivity contribution in [2.45, 2.75) is 0 Å². The molecule has 30 heavy (non-hydrogen) atoms. The van der Waals surface area contributed by atoms with E-state index in [1.54, 1.807) is 36.4 Å². The summed E-state index contributed by atoms with van der Waals surface area (Å²) in [5.41, 5.74) is 2.82. The minimum absolute atomic E-state index is 0.204. The second-order valence-corrected chi connectivity index (χ2v) is 6.40. The van der Waals surface area contributed by atoms with Gasteiger partial charge in [0, 0.05) is 22.7 Å². The average Bonchev–Trinajstić information content (AvgIpc) is 3.33. The van der Waals surface area contributed by atoms with Crippen molar-refractivity contribution >= 4 is 28.5 Å². The van der Waals surface area contributed by atoms with Gasteiger partial charge in [0.1, 0.15) is 5.75 Å². The average molecular weight is 402 g/mol. The van der Waals surface area contributed by atoms with Crippen molar-refractivity contribution in [1.82, 2.24) is 4.98 Å². The number of aromatic nitrogens is 1. The summed E-state index contributed by atoms with van der Waals surface area (Å²) < 4.78 is 15.5. The Morgan fingerprint density at radius 2 is 1.87 bits per heavy atom. The number of rotatable bonds is 6. The number of amides is 1. The lowest BCUT2D eigenvalue weighted by molar-refractivity contribution is -0.142. The number of carbonyl (C=O) groups is 2. The molecule has 2 aromatic heterocycles. The Labute approximate surface area is 172 Å². The third-order valence-corrected chi connectivity index (χ3v) is 4.42. The van der Waals surface area contributed by atoms with Crippen LogP contribution in [0.15, 0.2) is 77.4 Å². The van der Waals surface area contributed by atoms with E-state index < -0.39 is 5.97 Å². The fraction of sp³-hybridized carbons (Fsp3) is 0.0870. The monoisotopic (exact) mass is 402 g/mol. The van der Waals surface area contributed by atoms with Crippen LogP contribution in [-0.4, -0.2) is 30.6 Å². The highest BCUT2D eigenvalue weighted by atomic mass is 16.6. The minimum Gasteiger partial charge on any atom is -0.481 e. The Bertz CT molecular complexity index is 1190. The van der Waals surface area contributed by atoms with E-state index in [2.05, 4.69) is 10.1 Å². The van der Waals surface area contributed by atoms with E-state index in [9.17, 15) is 9.59 Å². The molecular weight excluding hydrogens is 384 g/mol. The predicted octanol–water partition coefficient (Wildman–Crippen LogP) is 4.30. The summed E-state index contributed by atoms with van der Waals surface area (Å²) in [6.07, 6.45) is 1.43. The van der Waals surface area contributed by atoms with E-state index in [1.165, 1.54) is 13.4 Å². The lowest BCUT2D eigenvalue weighted by Gasteiger charge is -2.12. The highest BCUT2D eigenvalue weighted by molar-refractivity contribution is 6.03. The number of nitrogens with one attached hydrogen (secondary N) is 1. The van der Waals surface area contributed by atoms with Crippen molar-refractivity contribution in [1.29, 1.82) is 0 Å². The number of methoxy groups -OCH3 is 1. The lowest BCUT2D eigenvalue weighted by atomic mass is 10.1. The molecule has 0 spiro atoms. The molecule has 0 bridgehead atoms. The van der Waals surface area contributed by atoms with Crippen LogP contribution in [-0.2, 0) is 9.53 Å². The van der Waals surface area contributed by atoms with Crippen LogP contribution in [0.25, 0.3) is 22.2 Å². The van der Waals surface area contributed by atoms with Crippen LogP contribution in [0, 0.1) is 0 Å². The number of fused-ring (bicyclic) bond motifs is 1. The van der Waals surface area contributed by atoms with Gasteiger partial charge in [-0.05, 0) is 30.3 Å². The quantitative estimate of drug-likeness (QED) is 0.484. The van der Waals surface area contributed by atoms with E-state index >= 15 is 0 Å². The zero-order chi connectivity index (χ0) is 20.9. The number of furan rings is 1. The molecule has 0 aliphatic rings. The summed E-state index contributed by atoms with van der Waals surface area (Å²) in [4.78, 5) is 28.6. The van der Waals surface area contributed by atoms with Gasteiger partial charge in [-0.1, -0.05) is 30.3 Å². The van der Waals surface area contributed by atoms with Crippen molar-refractivity contribution in [2.24, 2.45) is 0 Å². The van der Waals surface area contributed by atoms with Crippen LogP contribution < -0.4 is 10.1 Å². The molecule has 0 radical (unpaired) electrons. The van der Waals surface area contributed by atoms with Crippen LogP contribution in [0.2, 0.25) is 0 Å². The van der Waals surface area contributed by atoms with E-state index in [0.717, 1.165) is 5.56 Å². The zero-order valence-electron chi connectivity index (χ0n) is 16.1. The maximum atomic E-state index is 12.3. The maximum Gasteiger partial charge on any atom is 0.343 e. The molecule has 0 saturated carbocycles. The number of carbonyl (C=O) groups excluding carboxylic acids is 2. The normalized spacial score (nSPS) is 10.6. The van der Waals surface area contributed by atoms with Crippen LogP contribution in [0.1, 0.15) is 10.6 Å². The molecule has 1 N–H and O–H groups in total. The Morgan fingerprint density at radius 1 is 1.03 bits per heavy atom. The molecule has 0 saturated heterocycles. The Balaban J connectivity index is 1.73. The van der Waals surface area contributed by atoms with Gasteiger partial charge in [0.05, 0.1) is 24.6 Å². The van der Waals surface area contributed by atoms with Gasteiger partial charge in [0.2, 0.25) is 0 Å². The molecule has 0 aliphatic carbocycles. The lowest BCUT2D eigenvalue weighted by Crippen LogP contribution is -2.13. The number of pyridine rings is 1. The molecule has 2 heterocycles. The Morgan fingerprint density at radius 3 is 2.60 bits per heavy atom. The van der Waals surface area contributed by atoms with Gasteiger partial charge in [-0.25, -0.2) is 9.78 Å². The standard InChI is InChI=1S/C23H18N2O5/c1-28-22(26)14-30-21-13-19(15-6-3-2-4-7-15)25-18-10-9-16(12-17(18)21)24-23(27)20-8-5-11-29-20/h2-13H,14H2,1H3,(H,24,27). The third-order valence-electron chi connectivity index (χ3n) is 4.42. The Hall–Kier alpha value is -4.13. The molecule has 0 atom stereocenters. The summed E-state index contributed by atoms with van der Waals surface area (Å²) >= 11 is 0. The van der Waals surface area contributed by atoms with Crippen LogP contribution in [0.5, 0.6) is 5.75 Å². The summed E-state index contributed by atoms with van der Waals surface area (Å²) in [6, 6.07) is 19.9. The largest absolute Gasteiger partial charge is 0.481 e. The van der Waals surface area contributed by atoms with Crippen molar-refractivity contribution < 1.29 is 23.5 Å². The fourth-order valence-corrected chi connectivity index (χ4v) is 2.94. The number of benzene rings is 2. The van der Waals surface area contributed by atoms with Crippen molar-refractivity contribution in [3.05, 3.63) is 78.8 Å². The van der Waals surface area contributed by atoms with E-state index in [4.69, 9.17) is 14.1 Å². The summed E-state index contributed by atoms with van der Waals surface area (Å²) in [6.45, 7) is -0.243. The topological polar surface area (TPSA) is 90.7 Å². The number of ether oxygens (including phenoxy) is 2. The van der Waals surface area contributed by atoms with Crippen molar-refractivity contribution in [2.75, 3.05) is 19.0 Å². The van der Waals surface area contributed by atoms with Gasteiger partial charge in [0.15, 0.2) is 12.4 Å². The minimum atomic E-state index is -0.497. The number of nitrogens with zero attached hydrogens (tertiary/aromatic N) is 1. The molecule has 4 aromatic rings. The number of hydrogen-bond acceptors (Lipinski definition) is 6. The molecule has 0 fully saturated rings. The first-order valence-corrected chi connectivity index (χ1v) is 9.19. The molecule has 7 nitrogen and oxygen atoms in total. The number of hydrogen-bond donors (Lipinski definition) is 1. The molecule has 2 aromatic carbocycles. The van der Waals surface area contributed by atoms with Crippen molar-refractivity contribution in [3.8, 4) is 17.0 Å². The number of anilines is 1. The van der Waals surface area contributed by atoms with E-state index in [-0.39, 0.29) is 18.3 Å². The Kier molecular flexibility index (Phi) is 5.43. The summed E-state index contributed by atoms with van der Waals surface area (Å²) in [5, 5.41) is 3.43. The van der Waals surface area contributed by atoms with Gasteiger partial charge in [-0.2, -0.15) is 0 Å². The molecule has 4 rings (SSSR count). The molecule has 0 unspecified atom stereocenters. The second-order valence-electron chi connectivity index (χ2n) is 6.40. The first kappa shape index (κ1) is 19.2. The number of esters is 1. The third kappa shape index (κ3) is 4.15. The highest BCUT2D eigenvalue weighted by Gasteiger charge is 2.14. The van der Waals surface area contributed by atoms with Crippen LogP contribution in [0.3, 0.4) is 0 Å². The van der Waals surface area contributed by atoms with E-state index in [1.807, 2.05) is 30.3 Å². The molecule has 150 valence electrons. The van der Waals surface area contributed by atoms with Gasteiger partial charge < -0.3 is 19.2 Å². The van der Waals surface area contributed by atoms with Crippen molar-refractivity contribution in [3.63, 3.8) is 0 Å². The fourth-order valence-electron chi connectivity index (χ4n) is 2.94. The molecular formula is C23H18N2O5. The molecule has 0 aliphatic heterocycles. The molecule has 1 amide bonds. The summed E-state index contributed by atoms with van der Waals surface area (Å²) in [5.74, 6) is -0.207. The van der Waals surface area contributed by atoms with Gasteiger partial charge >= 0.3 is 5.97 Å². The SMILES string of the molecule is COC(=O)COc1cc(-c2ccccc2)nc2ccc(NC(=O)c3ccco3)cc12. The van der Waals surface area contributed by atoms with Gasteiger partial charge in [-0.15, -0.1) is 0 Å². The smallest absolute Gasteiger partial charge is 0.343 e. The van der Waals surface area contributed by atoms with Crippen LogP contribution >= 0.6 is 0 Å². The van der Waals surface area contributed by atoms with E-state index in [0.29, 0.717) is 28.0 Å². The highest BCUT2D eigenvalue weighted by Crippen LogP contribution is 2.32. The predicted molar refractivity (Wildman–Crippen MR) is 111 cm³/mol. The first-order valence-electron chi connectivity index (χ1n) is 9.19. The zero-order valence-corrected chi connectivity index (χ0v) is 16.1. The molecule has 7 heteroatoms. The maximum absolute atomic E-state index is 12.3. The second kappa shape index (κ2) is 8.48.